The van der Waals surface area contributed by atoms with Gasteiger partial charge in [0.2, 0.25) is 0 Å². The number of hydrogen-bond donors (Lipinski definition) is 0. The Kier molecular flexibility index (Phi) is 6.27. The molecule has 0 saturated carbocycles. The fourth-order valence-corrected chi connectivity index (χ4v) is 10.3. The van der Waals surface area contributed by atoms with Crippen LogP contribution < -0.4 is 15.9 Å². The normalized spacial score (nSPS) is 12.3. The molecule has 1 aliphatic heterocycles. The fourth-order valence-electron chi connectivity index (χ4n) is 6.48. The molecule has 0 amide bonds. The van der Waals surface area contributed by atoms with Gasteiger partial charge in [-0.15, -0.1) is 0 Å². The molecule has 0 N–H and O–H groups in total. The predicted molar refractivity (Wildman–Crippen MR) is 189 cm³/mol. The molecule has 0 bridgehead atoms. The van der Waals surface area contributed by atoms with Crippen molar-refractivity contribution in [2.24, 2.45) is 0 Å². The van der Waals surface area contributed by atoms with Gasteiger partial charge in [-0.25, -0.2) is 15.0 Å². The summed E-state index contributed by atoms with van der Waals surface area (Å²) in [7, 11) is -3.06. The van der Waals surface area contributed by atoms with Crippen molar-refractivity contribution in [3.8, 4) is 28.5 Å². The second-order valence-corrected chi connectivity index (χ2v) is 15.1. The third-order valence-corrected chi connectivity index (χ3v) is 12.8. The van der Waals surface area contributed by atoms with E-state index in [2.05, 4.69) is 75.2 Å². The Morgan fingerprint density at radius 2 is 1.15 bits per heavy atom. The molecule has 5 nitrogen and oxygen atoms in total. The van der Waals surface area contributed by atoms with Gasteiger partial charge in [-0.3, -0.25) is 0 Å². The van der Waals surface area contributed by atoms with E-state index in [1.807, 2.05) is 84.9 Å². The summed E-state index contributed by atoms with van der Waals surface area (Å²) in [6, 6.07) is 48.7. The third kappa shape index (κ3) is 4.18. The second kappa shape index (κ2) is 10.7. The molecule has 0 radical (unpaired) electrons. The van der Waals surface area contributed by atoms with E-state index < -0.39 is 7.14 Å². The summed E-state index contributed by atoms with van der Waals surface area (Å²) in [6.07, 6.45) is 1.56. The van der Waals surface area contributed by atoms with Crippen LogP contribution in [0.1, 0.15) is 0 Å². The van der Waals surface area contributed by atoms with E-state index in [1.165, 1.54) is 26.7 Å². The predicted octanol–water partition coefficient (Wildman–Crippen LogP) is 8.41. The first-order valence-electron chi connectivity index (χ1n) is 15.0. The number of rotatable bonds is 5. The van der Waals surface area contributed by atoms with Crippen molar-refractivity contribution < 1.29 is 4.57 Å². The molecule has 0 saturated heterocycles. The van der Waals surface area contributed by atoms with Gasteiger partial charge in [-0.2, -0.15) is 0 Å². The van der Waals surface area contributed by atoms with Crippen LogP contribution in [0.2, 0.25) is 0 Å². The van der Waals surface area contributed by atoms with Gasteiger partial charge in [-0.1, -0.05) is 127 Å². The highest BCUT2D eigenvalue weighted by Crippen LogP contribution is 2.47. The minimum atomic E-state index is -3.06. The van der Waals surface area contributed by atoms with Gasteiger partial charge >= 0.3 is 0 Å². The van der Waals surface area contributed by atoms with Crippen molar-refractivity contribution in [1.82, 2.24) is 19.5 Å². The first-order valence-corrected chi connectivity index (χ1v) is 17.6. The van der Waals surface area contributed by atoms with Gasteiger partial charge in [-0.05, 0) is 30.3 Å². The van der Waals surface area contributed by atoms with Crippen molar-refractivity contribution >= 4 is 56.6 Å². The van der Waals surface area contributed by atoms with Gasteiger partial charge < -0.3 is 9.13 Å². The zero-order valence-corrected chi connectivity index (χ0v) is 26.2. The van der Waals surface area contributed by atoms with Gasteiger partial charge in [0.1, 0.15) is 6.33 Å². The smallest absolute Gasteiger partial charge is 0.171 e. The maximum atomic E-state index is 14.8. The largest absolute Gasteiger partial charge is 0.309 e. The van der Waals surface area contributed by atoms with Crippen LogP contribution in [0.4, 0.5) is 0 Å². The fraction of sp³-hybridized carbons (Fsp3) is 0. The third-order valence-electron chi connectivity index (χ3n) is 8.64. The minimum Gasteiger partial charge on any atom is -0.309 e. The van der Waals surface area contributed by atoms with Crippen molar-refractivity contribution in [2.45, 2.75) is 9.79 Å². The second-order valence-electron chi connectivity index (χ2n) is 11.2. The number of hydrogen-bond acceptors (Lipinski definition) is 5. The van der Waals surface area contributed by atoms with E-state index in [9.17, 15) is 4.57 Å². The average molecular weight is 629 g/mol. The molecular formula is C39H25N4OPS. The molecule has 3 heterocycles. The average Bonchev–Trinajstić information content (AvgIpc) is 3.48. The SMILES string of the molecule is O=P(c1ccccc1)(c1ccccc1)c1ccc(-c2ncnc(-c3ccc4c(c3)Sc3cccc5c6ccccc6n-4c35)n2)cc1. The standard InChI is InChI=1S/C39H25N4OPS/c44-45(28-10-3-1-4-11-28,29-12-5-2-6-13-29)30-21-18-26(19-22-30)38-40-25-41-39(42-38)27-20-23-34-36(24-27)46-35-17-9-15-32-31-14-7-8-16-33(31)43(34)37(32)35/h1-25H. The van der Waals surface area contributed by atoms with Crippen molar-refractivity contribution in [3.63, 3.8) is 0 Å². The van der Waals surface area contributed by atoms with E-state index in [0.717, 1.165) is 37.6 Å². The van der Waals surface area contributed by atoms with Gasteiger partial charge in [0, 0.05) is 47.6 Å². The Labute approximate surface area is 270 Å². The number of benzene rings is 6. The highest BCUT2D eigenvalue weighted by atomic mass is 32.2. The Balaban J connectivity index is 1.09. The van der Waals surface area contributed by atoms with Gasteiger partial charge in [0.25, 0.3) is 0 Å². The zero-order chi connectivity index (χ0) is 30.7. The lowest BCUT2D eigenvalue weighted by Crippen LogP contribution is -2.24. The summed E-state index contributed by atoms with van der Waals surface area (Å²) >= 11 is 1.78. The summed E-state index contributed by atoms with van der Waals surface area (Å²) in [5.41, 5.74) is 5.38. The Bertz CT molecular complexity index is 2430. The molecule has 1 aliphatic rings. The van der Waals surface area contributed by atoms with E-state index in [4.69, 9.17) is 4.98 Å². The van der Waals surface area contributed by atoms with E-state index >= 15 is 0 Å². The van der Waals surface area contributed by atoms with E-state index in [-0.39, 0.29) is 0 Å². The van der Waals surface area contributed by atoms with Crippen LogP contribution in [0, 0.1) is 0 Å². The van der Waals surface area contributed by atoms with Crippen LogP contribution in [-0.4, -0.2) is 19.5 Å². The first-order chi connectivity index (χ1) is 22.7. The van der Waals surface area contributed by atoms with Crippen LogP contribution >= 0.6 is 18.9 Å². The first kappa shape index (κ1) is 27.1. The monoisotopic (exact) mass is 628 g/mol. The highest BCUT2D eigenvalue weighted by molar-refractivity contribution is 7.99. The lowest BCUT2D eigenvalue weighted by molar-refractivity contribution is 0.592. The Morgan fingerprint density at radius 3 is 1.89 bits per heavy atom. The summed E-state index contributed by atoms with van der Waals surface area (Å²) in [4.78, 5) is 16.3. The Hall–Kier alpha value is -5.29. The van der Waals surface area contributed by atoms with Crippen LogP contribution in [0.25, 0.3) is 50.3 Å². The molecule has 7 heteroatoms. The summed E-state index contributed by atoms with van der Waals surface area (Å²) in [6.45, 7) is 0. The lowest BCUT2D eigenvalue weighted by Gasteiger charge is -2.20. The van der Waals surface area contributed by atoms with Crippen molar-refractivity contribution in [2.75, 3.05) is 0 Å². The highest BCUT2D eigenvalue weighted by Gasteiger charge is 2.29. The summed E-state index contributed by atoms with van der Waals surface area (Å²) in [5.74, 6) is 1.18. The molecule has 0 unspecified atom stereocenters. The summed E-state index contributed by atoms with van der Waals surface area (Å²) in [5, 5.41) is 4.90. The minimum absolute atomic E-state index is 0.569. The van der Waals surface area contributed by atoms with Crippen LogP contribution in [0.5, 0.6) is 0 Å². The molecule has 6 aromatic carbocycles. The van der Waals surface area contributed by atoms with Crippen LogP contribution in [-0.2, 0) is 4.57 Å². The number of aromatic nitrogens is 4. The molecule has 2 aromatic heterocycles. The number of nitrogens with zero attached hydrogens (tertiary/aromatic N) is 4. The molecule has 218 valence electrons. The van der Waals surface area contributed by atoms with E-state index in [0.29, 0.717) is 11.6 Å². The molecule has 0 spiro atoms. The molecule has 9 rings (SSSR count). The van der Waals surface area contributed by atoms with E-state index in [1.54, 1.807) is 18.1 Å². The topological polar surface area (TPSA) is 60.7 Å². The van der Waals surface area contributed by atoms with Gasteiger partial charge in [0.15, 0.2) is 18.8 Å². The molecule has 0 atom stereocenters. The summed E-state index contributed by atoms with van der Waals surface area (Å²) < 4.78 is 17.1. The maximum Gasteiger partial charge on any atom is 0.171 e. The molecule has 0 fully saturated rings. The van der Waals surface area contributed by atoms with Crippen molar-refractivity contribution in [3.05, 3.63) is 152 Å². The van der Waals surface area contributed by atoms with Gasteiger partial charge in [0.05, 0.1) is 16.7 Å². The molecule has 46 heavy (non-hydrogen) atoms. The lowest BCUT2D eigenvalue weighted by atomic mass is 10.1. The molecule has 0 aliphatic carbocycles. The van der Waals surface area contributed by atoms with Crippen molar-refractivity contribution in [1.29, 1.82) is 0 Å². The Morgan fingerprint density at radius 1 is 0.543 bits per heavy atom. The number of fused-ring (bicyclic) bond motifs is 5. The maximum absolute atomic E-state index is 14.8. The van der Waals surface area contributed by atoms with Crippen LogP contribution in [0.3, 0.4) is 0 Å². The zero-order valence-electron chi connectivity index (χ0n) is 24.5. The number of para-hydroxylation sites is 2. The molecular weight excluding hydrogens is 603 g/mol. The quantitative estimate of drug-likeness (QED) is 0.179. The van der Waals surface area contributed by atoms with Crippen LogP contribution in [0.15, 0.2) is 162 Å². The molecule has 8 aromatic rings.